The fourth-order valence-electron chi connectivity index (χ4n) is 2.22. The summed E-state index contributed by atoms with van der Waals surface area (Å²) in [4.78, 5) is 11.0. The topological polar surface area (TPSA) is 69.6 Å². The van der Waals surface area contributed by atoms with Crippen LogP contribution in [0.25, 0.3) is 0 Å². The number of carbonyl (C=O) groups is 1. The minimum atomic E-state index is -0.903. The van der Waals surface area contributed by atoms with Crippen LogP contribution in [-0.4, -0.2) is 28.8 Å². The van der Waals surface area contributed by atoms with E-state index in [1.54, 1.807) is 0 Å². The first kappa shape index (κ1) is 17.7. The number of nitrogens with one attached hydrogen (secondary N) is 1. The van der Waals surface area contributed by atoms with Crippen molar-refractivity contribution in [2.45, 2.75) is 52.7 Å². The smallest absolute Gasteiger partial charge is 0.305 e. The molecule has 1 rings (SSSR count). The third-order valence-electron chi connectivity index (χ3n) is 3.78. The van der Waals surface area contributed by atoms with Crippen molar-refractivity contribution in [1.29, 1.82) is 0 Å². The van der Waals surface area contributed by atoms with E-state index in [2.05, 4.69) is 19.2 Å². The van der Waals surface area contributed by atoms with Crippen molar-refractivity contribution in [3.05, 3.63) is 34.9 Å². The number of carboxylic acid groups (broad SMARTS) is 1. The minimum absolute atomic E-state index is 0.0911. The van der Waals surface area contributed by atoms with Crippen molar-refractivity contribution in [2.24, 2.45) is 5.92 Å². The molecular weight excluding hydrogens is 266 g/mol. The van der Waals surface area contributed by atoms with Gasteiger partial charge >= 0.3 is 5.97 Å². The molecule has 0 aliphatic heterocycles. The SMILES string of the molecule is Cc1ccc(C(O)C(CC(=O)O)NCCC(C)C)cc1C. The van der Waals surface area contributed by atoms with Crippen LogP contribution in [0.2, 0.25) is 0 Å². The highest BCUT2D eigenvalue weighted by Gasteiger charge is 2.23. The number of rotatable bonds is 8. The van der Waals surface area contributed by atoms with E-state index in [1.165, 1.54) is 0 Å². The summed E-state index contributed by atoms with van der Waals surface area (Å²) in [6.45, 7) is 8.95. The number of aliphatic hydroxyl groups excluding tert-OH is 1. The number of benzene rings is 1. The van der Waals surface area contributed by atoms with Crippen molar-refractivity contribution < 1.29 is 15.0 Å². The Bertz CT molecular complexity index is 471. The first-order chi connectivity index (χ1) is 9.81. The second-order valence-corrected chi connectivity index (χ2v) is 6.13. The lowest BCUT2D eigenvalue weighted by molar-refractivity contribution is -0.138. The molecule has 0 aromatic heterocycles. The van der Waals surface area contributed by atoms with Gasteiger partial charge in [0.2, 0.25) is 0 Å². The van der Waals surface area contributed by atoms with Crippen LogP contribution in [0.3, 0.4) is 0 Å². The summed E-state index contributed by atoms with van der Waals surface area (Å²) < 4.78 is 0. The molecule has 0 amide bonds. The summed E-state index contributed by atoms with van der Waals surface area (Å²) in [6.07, 6.45) is 0.0506. The summed E-state index contributed by atoms with van der Waals surface area (Å²) in [6, 6.07) is 5.29. The van der Waals surface area contributed by atoms with Gasteiger partial charge in [-0.15, -0.1) is 0 Å². The maximum Gasteiger partial charge on any atom is 0.305 e. The van der Waals surface area contributed by atoms with Crippen LogP contribution in [0.5, 0.6) is 0 Å². The third-order valence-corrected chi connectivity index (χ3v) is 3.78. The lowest BCUT2D eigenvalue weighted by atomic mass is 9.96. The number of hydrogen-bond donors (Lipinski definition) is 3. The number of carboxylic acids is 1. The van der Waals surface area contributed by atoms with Gasteiger partial charge in [0.25, 0.3) is 0 Å². The molecule has 2 unspecified atom stereocenters. The van der Waals surface area contributed by atoms with Gasteiger partial charge in [0.05, 0.1) is 12.5 Å². The zero-order chi connectivity index (χ0) is 16.0. The Labute approximate surface area is 127 Å². The second-order valence-electron chi connectivity index (χ2n) is 6.13. The van der Waals surface area contributed by atoms with E-state index in [0.29, 0.717) is 12.5 Å². The molecule has 0 spiro atoms. The van der Waals surface area contributed by atoms with Crippen LogP contribution >= 0.6 is 0 Å². The molecule has 0 radical (unpaired) electrons. The zero-order valence-electron chi connectivity index (χ0n) is 13.4. The molecule has 0 heterocycles. The lowest BCUT2D eigenvalue weighted by Crippen LogP contribution is -2.38. The predicted octanol–water partition coefficient (Wildman–Crippen LogP) is 2.82. The number of aryl methyl sites for hydroxylation is 2. The number of aliphatic carboxylic acids is 1. The van der Waals surface area contributed by atoms with Crippen LogP contribution in [0, 0.1) is 19.8 Å². The molecular formula is C17H27NO3. The molecule has 3 N–H and O–H groups in total. The zero-order valence-corrected chi connectivity index (χ0v) is 13.4. The summed E-state index contributed by atoms with van der Waals surface area (Å²) in [5.74, 6) is -0.360. The van der Waals surface area contributed by atoms with E-state index >= 15 is 0 Å². The number of hydrogen-bond acceptors (Lipinski definition) is 3. The van der Waals surface area contributed by atoms with Crippen molar-refractivity contribution in [1.82, 2.24) is 5.32 Å². The minimum Gasteiger partial charge on any atom is -0.481 e. The van der Waals surface area contributed by atoms with E-state index < -0.39 is 18.1 Å². The Balaban J connectivity index is 2.79. The van der Waals surface area contributed by atoms with E-state index in [9.17, 15) is 9.90 Å². The Morgan fingerprint density at radius 1 is 1.24 bits per heavy atom. The normalized spacial score (nSPS) is 14.2. The van der Waals surface area contributed by atoms with E-state index in [1.807, 2.05) is 32.0 Å². The summed E-state index contributed by atoms with van der Waals surface area (Å²) in [5, 5.41) is 22.7. The highest BCUT2D eigenvalue weighted by molar-refractivity contribution is 5.67. The van der Waals surface area contributed by atoms with Crippen molar-refractivity contribution >= 4 is 5.97 Å². The fraction of sp³-hybridized carbons (Fsp3) is 0.588. The Morgan fingerprint density at radius 3 is 2.43 bits per heavy atom. The fourth-order valence-corrected chi connectivity index (χ4v) is 2.22. The predicted molar refractivity (Wildman–Crippen MR) is 84.4 cm³/mol. The van der Waals surface area contributed by atoms with Gasteiger partial charge in [-0.1, -0.05) is 32.0 Å². The van der Waals surface area contributed by atoms with Gasteiger partial charge in [0.15, 0.2) is 0 Å². The standard InChI is InChI=1S/C17H27NO3/c1-11(2)7-8-18-15(10-16(19)20)17(21)14-6-5-12(3)13(4)9-14/h5-6,9,11,15,17-18,21H,7-8,10H2,1-4H3,(H,19,20). The average molecular weight is 293 g/mol. The highest BCUT2D eigenvalue weighted by Crippen LogP contribution is 2.22. The molecule has 0 fully saturated rings. The first-order valence-corrected chi connectivity index (χ1v) is 7.51. The molecule has 0 aliphatic carbocycles. The van der Waals surface area contributed by atoms with Crippen LogP contribution in [0.1, 0.15) is 49.5 Å². The largest absolute Gasteiger partial charge is 0.481 e. The molecule has 118 valence electrons. The van der Waals surface area contributed by atoms with Crippen LogP contribution in [0.4, 0.5) is 0 Å². The molecule has 0 bridgehead atoms. The summed E-state index contributed by atoms with van der Waals surface area (Å²) >= 11 is 0. The average Bonchev–Trinajstić information content (AvgIpc) is 2.39. The van der Waals surface area contributed by atoms with Gasteiger partial charge in [0, 0.05) is 6.04 Å². The molecule has 4 heteroatoms. The van der Waals surface area contributed by atoms with Crippen LogP contribution in [0.15, 0.2) is 18.2 Å². The molecule has 21 heavy (non-hydrogen) atoms. The second kappa shape index (κ2) is 8.15. The Hall–Kier alpha value is -1.39. The first-order valence-electron chi connectivity index (χ1n) is 7.51. The van der Waals surface area contributed by atoms with Crippen molar-refractivity contribution in [3.8, 4) is 0 Å². The summed E-state index contributed by atoms with van der Waals surface area (Å²) in [5.41, 5.74) is 3.03. The van der Waals surface area contributed by atoms with Gasteiger partial charge in [-0.25, -0.2) is 0 Å². The van der Waals surface area contributed by atoms with E-state index in [-0.39, 0.29) is 6.42 Å². The van der Waals surface area contributed by atoms with Gasteiger partial charge in [-0.3, -0.25) is 4.79 Å². The van der Waals surface area contributed by atoms with Gasteiger partial charge in [-0.05, 0) is 49.4 Å². The van der Waals surface area contributed by atoms with Gasteiger partial charge in [0.1, 0.15) is 0 Å². The van der Waals surface area contributed by atoms with Crippen molar-refractivity contribution in [2.75, 3.05) is 6.54 Å². The van der Waals surface area contributed by atoms with Crippen LogP contribution in [-0.2, 0) is 4.79 Å². The summed E-state index contributed by atoms with van der Waals surface area (Å²) in [7, 11) is 0. The molecule has 2 atom stereocenters. The lowest BCUT2D eigenvalue weighted by Gasteiger charge is -2.24. The maximum absolute atomic E-state index is 11.0. The molecule has 0 saturated carbocycles. The third kappa shape index (κ3) is 5.86. The monoisotopic (exact) mass is 293 g/mol. The van der Waals surface area contributed by atoms with Crippen molar-refractivity contribution in [3.63, 3.8) is 0 Å². The highest BCUT2D eigenvalue weighted by atomic mass is 16.4. The molecule has 0 aliphatic rings. The van der Waals surface area contributed by atoms with Gasteiger partial charge in [-0.2, -0.15) is 0 Å². The Kier molecular flexibility index (Phi) is 6.85. The number of aliphatic hydroxyl groups is 1. The molecule has 0 saturated heterocycles. The molecule has 1 aromatic carbocycles. The Morgan fingerprint density at radius 2 is 1.90 bits per heavy atom. The maximum atomic E-state index is 11.0. The quantitative estimate of drug-likeness (QED) is 0.689. The molecule has 4 nitrogen and oxygen atoms in total. The van der Waals surface area contributed by atoms with Gasteiger partial charge < -0.3 is 15.5 Å². The van der Waals surface area contributed by atoms with E-state index in [0.717, 1.165) is 23.1 Å². The van der Waals surface area contributed by atoms with Crippen LogP contribution < -0.4 is 5.32 Å². The van der Waals surface area contributed by atoms with E-state index in [4.69, 9.17) is 5.11 Å². The molecule has 1 aromatic rings.